The first-order valence-electron chi connectivity index (χ1n) is 4.55. The number of Topliss-reactive ketones (excluding diaryl/α,β-unsaturated/α-hetero) is 1. The summed E-state index contributed by atoms with van der Waals surface area (Å²) in [5, 5.41) is 0. The molecule has 1 aromatic rings. The summed E-state index contributed by atoms with van der Waals surface area (Å²) in [6.45, 7) is 7.06. The Morgan fingerprint density at radius 1 is 1.14 bits per heavy atom. The minimum atomic E-state index is -0.196. The van der Waals surface area contributed by atoms with Gasteiger partial charge in [-0.25, -0.2) is 0 Å². The van der Waals surface area contributed by atoms with Crippen LogP contribution >= 0.6 is 0 Å². The number of carbonyl (C=O) groups is 1. The van der Waals surface area contributed by atoms with E-state index in [9.17, 15) is 9.59 Å². The first kappa shape index (κ1) is 10.7. The molecule has 76 valence electrons. The third-order valence-electron chi connectivity index (χ3n) is 2.85. The molecule has 1 rings (SSSR count). The summed E-state index contributed by atoms with van der Waals surface area (Å²) in [6, 6.07) is 0. The highest BCUT2D eigenvalue weighted by Crippen LogP contribution is 2.13. The molecule has 0 atom stereocenters. The highest BCUT2D eigenvalue weighted by atomic mass is 16.1. The summed E-state index contributed by atoms with van der Waals surface area (Å²) in [4.78, 5) is 23.0. The Morgan fingerprint density at radius 3 is 2.07 bits per heavy atom. The minimum absolute atomic E-state index is 0.161. The molecule has 0 aliphatic heterocycles. The van der Waals surface area contributed by atoms with E-state index in [1.165, 1.54) is 11.5 Å². The van der Waals surface area contributed by atoms with Crippen molar-refractivity contribution < 1.29 is 4.79 Å². The zero-order chi connectivity index (χ0) is 11.0. The lowest BCUT2D eigenvalue weighted by Crippen LogP contribution is -2.27. The van der Waals surface area contributed by atoms with E-state index in [2.05, 4.69) is 0 Å². The first-order chi connectivity index (χ1) is 6.37. The molecule has 0 N–H and O–H groups in total. The van der Waals surface area contributed by atoms with E-state index in [-0.39, 0.29) is 11.3 Å². The van der Waals surface area contributed by atoms with Gasteiger partial charge >= 0.3 is 0 Å². The molecule has 0 fully saturated rings. The number of ketones is 1. The van der Waals surface area contributed by atoms with Crippen molar-refractivity contribution in [2.24, 2.45) is 7.05 Å². The first-order valence-corrected chi connectivity index (χ1v) is 4.55. The van der Waals surface area contributed by atoms with E-state index in [4.69, 9.17) is 0 Å². The van der Waals surface area contributed by atoms with Gasteiger partial charge in [-0.2, -0.15) is 0 Å². The molecule has 0 bridgehead atoms. The second-order valence-corrected chi connectivity index (χ2v) is 3.63. The normalized spacial score (nSPS) is 10.4. The molecule has 14 heavy (non-hydrogen) atoms. The van der Waals surface area contributed by atoms with Gasteiger partial charge in [-0.15, -0.1) is 0 Å². The van der Waals surface area contributed by atoms with Gasteiger partial charge in [-0.05, 0) is 38.8 Å². The molecule has 0 unspecified atom stereocenters. The highest BCUT2D eigenvalue weighted by Gasteiger charge is 2.15. The third-order valence-corrected chi connectivity index (χ3v) is 2.85. The van der Waals surface area contributed by atoms with Gasteiger partial charge in [0.05, 0.1) is 5.56 Å². The predicted octanol–water partition coefficient (Wildman–Crippen LogP) is 1.51. The molecule has 0 radical (unpaired) electrons. The molecule has 0 spiro atoms. The van der Waals surface area contributed by atoms with E-state index < -0.39 is 0 Å². The molecule has 0 aromatic carbocycles. The second-order valence-electron chi connectivity index (χ2n) is 3.63. The average Bonchev–Trinajstić information content (AvgIpc) is 2.11. The fraction of sp³-hybridized carbons (Fsp3) is 0.455. The smallest absolute Gasteiger partial charge is 0.261 e. The standard InChI is InChI=1S/C11H15NO2/c1-6-7(2)10(9(4)13)11(14)12(5)8(6)3/h1-5H3. The maximum absolute atomic E-state index is 11.7. The lowest BCUT2D eigenvalue weighted by molar-refractivity contribution is 0.101. The van der Waals surface area contributed by atoms with Crippen LogP contribution in [0.4, 0.5) is 0 Å². The molecule has 0 aliphatic carbocycles. The van der Waals surface area contributed by atoms with Crippen molar-refractivity contribution in [3.8, 4) is 0 Å². The van der Waals surface area contributed by atoms with Crippen molar-refractivity contribution >= 4 is 5.78 Å². The molecular formula is C11H15NO2. The van der Waals surface area contributed by atoms with Crippen molar-refractivity contribution in [3.63, 3.8) is 0 Å². The van der Waals surface area contributed by atoms with Crippen LogP contribution in [0, 0.1) is 20.8 Å². The number of rotatable bonds is 1. The average molecular weight is 193 g/mol. The molecule has 0 amide bonds. The fourth-order valence-electron chi connectivity index (χ4n) is 1.61. The minimum Gasteiger partial charge on any atom is -0.315 e. The van der Waals surface area contributed by atoms with Gasteiger partial charge in [0, 0.05) is 12.7 Å². The van der Waals surface area contributed by atoms with E-state index in [0.29, 0.717) is 5.56 Å². The SMILES string of the molecule is CC(=O)c1c(C)c(C)c(C)n(C)c1=O. The van der Waals surface area contributed by atoms with E-state index in [1.54, 1.807) is 7.05 Å². The molecule has 0 saturated carbocycles. The van der Waals surface area contributed by atoms with Crippen LogP contribution in [-0.4, -0.2) is 10.4 Å². The van der Waals surface area contributed by atoms with Crippen LogP contribution < -0.4 is 5.56 Å². The van der Waals surface area contributed by atoms with Crippen molar-refractivity contribution in [2.75, 3.05) is 0 Å². The van der Waals surface area contributed by atoms with Crippen LogP contribution in [0.25, 0.3) is 0 Å². The number of hydrogen-bond donors (Lipinski definition) is 0. The summed E-state index contributed by atoms with van der Waals surface area (Å²) in [5.41, 5.74) is 2.85. The van der Waals surface area contributed by atoms with E-state index in [1.807, 2.05) is 20.8 Å². The van der Waals surface area contributed by atoms with Crippen molar-refractivity contribution in [1.82, 2.24) is 4.57 Å². The van der Waals surface area contributed by atoms with Crippen LogP contribution in [0.2, 0.25) is 0 Å². The molecule has 0 saturated heterocycles. The van der Waals surface area contributed by atoms with Gasteiger partial charge in [0.25, 0.3) is 5.56 Å². The molecule has 3 nitrogen and oxygen atoms in total. The van der Waals surface area contributed by atoms with Gasteiger partial charge in [0.1, 0.15) is 0 Å². The third kappa shape index (κ3) is 1.39. The Kier molecular flexibility index (Phi) is 2.60. The summed E-state index contributed by atoms with van der Waals surface area (Å²) < 4.78 is 1.53. The van der Waals surface area contributed by atoms with Gasteiger partial charge in [-0.3, -0.25) is 9.59 Å². The van der Waals surface area contributed by atoms with Crippen molar-refractivity contribution in [2.45, 2.75) is 27.7 Å². The summed E-state index contributed by atoms with van der Waals surface area (Å²) >= 11 is 0. The largest absolute Gasteiger partial charge is 0.315 e. The van der Waals surface area contributed by atoms with Gasteiger partial charge in [0.15, 0.2) is 5.78 Å². The van der Waals surface area contributed by atoms with E-state index in [0.717, 1.165) is 16.8 Å². The quantitative estimate of drug-likeness (QED) is 0.634. The Balaban J connectivity index is 3.78. The number of pyridine rings is 1. The Hall–Kier alpha value is -1.38. The molecule has 1 heterocycles. The Bertz CT molecular complexity index is 455. The molecule has 1 aromatic heterocycles. The van der Waals surface area contributed by atoms with Crippen LogP contribution in [0.5, 0.6) is 0 Å². The number of carbonyl (C=O) groups excluding carboxylic acids is 1. The summed E-state index contributed by atoms with van der Waals surface area (Å²) in [7, 11) is 1.69. The molecule has 0 aliphatic rings. The van der Waals surface area contributed by atoms with Crippen LogP contribution in [-0.2, 0) is 7.05 Å². The zero-order valence-corrected chi connectivity index (χ0v) is 9.26. The molecule has 3 heteroatoms. The van der Waals surface area contributed by atoms with Gasteiger partial charge in [-0.1, -0.05) is 0 Å². The van der Waals surface area contributed by atoms with Crippen LogP contribution in [0.15, 0.2) is 4.79 Å². The lowest BCUT2D eigenvalue weighted by atomic mass is 10.0. The van der Waals surface area contributed by atoms with Crippen molar-refractivity contribution in [1.29, 1.82) is 0 Å². The van der Waals surface area contributed by atoms with Gasteiger partial charge < -0.3 is 4.57 Å². The fourth-order valence-corrected chi connectivity index (χ4v) is 1.61. The maximum atomic E-state index is 11.7. The molecular weight excluding hydrogens is 178 g/mol. The lowest BCUT2D eigenvalue weighted by Gasteiger charge is -2.12. The zero-order valence-electron chi connectivity index (χ0n) is 9.26. The number of nitrogens with zero attached hydrogens (tertiary/aromatic N) is 1. The topological polar surface area (TPSA) is 39.1 Å². The Labute approximate surface area is 83.4 Å². The second kappa shape index (κ2) is 3.40. The van der Waals surface area contributed by atoms with Gasteiger partial charge in [0.2, 0.25) is 0 Å². The number of aromatic nitrogens is 1. The summed E-state index contributed by atoms with van der Waals surface area (Å²) in [6.07, 6.45) is 0. The van der Waals surface area contributed by atoms with E-state index >= 15 is 0 Å². The van der Waals surface area contributed by atoms with Crippen LogP contribution in [0.1, 0.15) is 34.1 Å². The predicted molar refractivity (Wildman–Crippen MR) is 55.9 cm³/mol. The van der Waals surface area contributed by atoms with Crippen LogP contribution in [0.3, 0.4) is 0 Å². The maximum Gasteiger partial charge on any atom is 0.261 e. The monoisotopic (exact) mass is 193 g/mol. The Morgan fingerprint density at radius 2 is 1.64 bits per heavy atom. The summed E-state index contributed by atoms with van der Waals surface area (Å²) in [5.74, 6) is -0.161. The van der Waals surface area contributed by atoms with Crippen molar-refractivity contribution in [3.05, 3.63) is 32.7 Å². The number of hydrogen-bond acceptors (Lipinski definition) is 2. The highest BCUT2D eigenvalue weighted by molar-refractivity contribution is 5.95.